The Morgan fingerprint density at radius 2 is 1.96 bits per heavy atom. The first-order valence-corrected chi connectivity index (χ1v) is 8.29. The molecule has 0 radical (unpaired) electrons. The van der Waals surface area contributed by atoms with Crippen LogP contribution in [0.2, 0.25) is 5.15 Å². The number of esters is 1. The average molecular weight is 394 g/mol. The lowest BCUT2D eigenvalue weighted by molar-refractivity contribution is -0.142. The SMILES string of the molecule is COc1ccc(NC(=O)COC(=O)/C=C/c2c(C)nn(C)c2Cl)cc1OC. The monoisotopic (exact) mass is 393 g/mol. The molecule has 0 aliphatic rings. The highest BCUT2D eigenvalue weighted by Gasteiger charge is 2.11. The third kappa shape index (κ3) is 5.24. The van der Waals surface area contributed by atoms with Crippen LogP contribution in [0, 0.1) is 6.92 Å². The molecular weight excluding hydrogens is 374 g/mol. The molecule has 0 spiro atoms. The van der Waals surface area contributed by atoms with E-state index >= 15 is 0 Å². The van der Waals surface area contributed by atoms with Crippen LogP contribution in [0.25, 0.3) is 6.08 Å². The van der Waals surface area contributed by atoms with Crippen LogP contribution in [0.4, 0.5) is 5.69 Å². The number of carbonyl (C=O) groups excluding carboxylic acids is 2. The minimum absolute atomic E-state index is 0.405. The predicted molar refractivity (Wildman–Crippen MR) is 101 cm³/mol. The lowest BCUT2D eigenvalue weighted by Gasteiger charge is -2.10. The van der Waals surface area contributed by atoms with E-state index in [9.17, 15) is 9.59 Å². The number of ether oxygens (including phenoxy) is 3. The van der Waals surface area contributed by atoms with Gasteiger partial charge in [-0.15, -0.1) is 0 Å². The number of aryl methyl sites for hydroxylation is 2. The molecule has 144 valence electrons. The molecule has 2 aromatic rings. The number of halogens is 1. The molecule has 0 saturated carbocycles. The molecule has 1 amide bonds. The van der Waals surface area contributed by atoms with Crippen LogP contribution < -0.4 is 14.8 Å². The van der Waals surface area contributed by atoms with Crippen LogP contribution in [0.5, 0.6) is 11.5 Å². The molecule has 8 nitrogen and oxygen atoms in total. The van der Waals surface area contributed by atoms with Crippen molar-refractivity contribution in [1.82, 2.24) is 9.78 Å². The van der Waals surface area contributed by atoms with E-state index in [2.05, 4.69) is 10.4 Å². The predicted octanol–water partition coefficient (Wildman–Crippen LogP) is 2.59. The van der Waals surface area contributed by atoms with Gasteiger partial charge in [-0.2, -0.15) is 5.10 Å². The maximum absolute atomic E-state index is 11.9. The normalized spacial score (nSPS) is 10.7. The summed E-state index contributed by atoms with van der Waals surface area (Å²) >= 11 is 6.08. The summed E-state index contributed by atoms with van der Waals surface area (Å²) in [5.74, 6) is -0.147. The van der Waals surface area contributed by atoms with Crippen molar-refractivity contribution in [2.24, 2.45) is 7.05 Å². The molecule has 9 heteroatoms. The Balaban J connectivity index is 1.90. The van der Waals surface area contributed by atoms with Crippen molar-refractivity contribution >= 4 is 35.2 Å². The molecule has 0 aliphatic heterocycles. The first-order valence-electron chi connectivity index (χ1n) is 7.91. The fraction of sp³-hybridized carbons (Fsp3) is 0.278. The number of aromatic nitrogens is 2. The number of hydrogen-bond acceptors (Lipinski definition) is 6. The van der Waals surface area contributed by atoms with Crippen molar-refractivity contribution in [1.29, 1.82) is 0 Å². The zero-order valence-electron chi connectivity index (χ0n) is 15.4. The van der Waals surface area contributed by atoms with Gasteiger partial charge in [0.2, 0.25) is 0 Å². The van der Waals surface area contributed by atoms with Gasteiger partial charge in [0.15, 0.2) is 18.1 Å². The van der Waals surface area contributed by atoms with E-state index in [1.54, 1.807) is 32.2 Å². The van der Waals surface area contributed by atoms with Crippen molar-refractivity contribution in [3.05, 3.63) is 40.7 Å². The Labute approximate surface area is 161 Å². The Bertz CT molecular complexity index is 876. The minimum atomic E-state index is -0.670. The van der Waals surface area contributed by atoms with E-state index in [-0.39, 0.29) is 0 Å². The molecule has 1 aromatic heterocycles. The van der Waals surface area contributed by atoms with E-state index in [4.69, 9.17) is 25.8 Å². The molecule has 0 unspecified atom stereocenters. The van der Waals surface area contributed by atoms with Gasteiger partial charge in [-0.1, -0.05) is 11.6 Å². The molecule has 0 saturated heterocycles. The summed E-state index contributed by atoms with van der Waals surface area (Å²) < 4.78 is 16.7. The van der Waals surface area contributed by atoms with E-state index in [0.717, 1.165) is 0 Å². The van der Waals surface area contributed by atoms with Crippen molar-refractivity contribution < 1.29 is 23.8 Å². The largest absolute Gasteiger partial charge is 0.493 e. The second-order valence-corrected chi connectivity index (χ2v) is 5.83. The van der Waals surface area contributed by atoms with Crippen molar-refractivity contribution in [3.63, 3.8) is 0 Å². The molecule has 0 bridgehead atoms. The van der Waals surface area contributed by atoms with E-state index in [1.165, 1.54) is 31.1 Å². The number of nitrogens with zero attached hydrogens (tertiary/aromatic N) is 2. The van der Waals surface area contributed by atoms with E-state index in [0.29, 0.717) is 33.6 Å². The highest BCUT2D eigenvalue weighted by Crippen LogP contribution is 2.29. The first-order chi connectivity index (χ1) is 12.8. The fourth-order valence-corrected chi connectivity index (χ4v) is 2.52. The van der Waals surface area contributed by atoms with Crippen LogP contribution in [0.3, 0.4) is 0 Å². The standard InChI is InChI=1S/C18H20ClN3O5/c1-11-13(18(19)22(2)21-11)6-8-17(24)27-10-16(23)20-12-5-7-14(25-3)15(9-12)26-4/h5-9H,10H2,1-4H3,(H,20,23)/b8-6+. The fourth-order valence-electron chi connectivity index (χ4n) is 2.28. The van der Waals surface area contributed by atoms with Gasteiger partial charge in [-0.3, -0.25) is 9.48 Å². The van der Waals surface area contributed by atoms with Crippen LogP contribution in [0.1, 0.15) is 11.3 Å². The number of rotatable bonds is 7. The lowest BCUT2D eigenvalue weighted by Crippen LogP contribution is -2.20. The number of methoxy groups -OCH3 is 2. The van der Waals surface area contributed by atoms with Crippen molar-refractivity contribution in [2.45, 2.75) is 6.92 Å². The molecule has 1 aromatic carbocycles. The van der Waals surface area contributed by atoms with Gasteiger partial charge >= 0.3 is 5.97 Å². The zero-order chi connectivity index (χ0) is 20.0. The summed E-state index contributed by atoms with van der Waals surface area (Å²) in [4.78, 5) is 23.7. The number of hydrogen-bond donors (Lipinski definition) is 1. The Morgan fingerprint density at radius 3 is 2.56 bits per heavy atom. The van der Waals surface area contributed by atoms with Gasteiger partial charge in [0.1, 0.15) is 5.15 Å². The molecular formula is C18H20ClN3O5. The summed E-state index contributed by atoms with van der Waals surface area (Å²) in [5.41, 5.74) is 1.78. The second kappa shape index (κ2) is 9.09. The molecule has 1 heterocycles. The first kappa shape index (κ1) is 20.3. The molecule has 0 fully saturated rings. The lowest BCUT2D eigenvalue weighted by atomic mass is 10.2. The third-order valence-corrected chi connectivity index (χ3v) is 4.04. The summed E-state index contributed by atoms with van der Waals surface area (Å²) in [5, 5.41) is 7.15. The Morgan fingerprint density at radius 1 is 1.26 bits per heavy atom. The Kier molecular flexibility index (Phi) is 6.84. The number of nitrogens with one attached hydrogen (secondary N) is 1. The van der Waals surface area contributed by atoms with Gasteiger partial charge < -0.3 is 19.5 Å². The summed E-state index contributed by atoms with van der Waals surface area (Å²) in [6, 6.07) is 4.91. The molecule has 2 rings (SSSR count). The topological polar surface area (TPSA) is 91.7 Å². The third-order valence-electron chi connectivity index (χ3n) is 3.60. The molecule has 1 N–H and O–H groups in total. The highest BCUT2D eigenvalue weighted by atomic mass is 35.5. The van der Waals surface area contributed by atoms with Gasteiger partial charge in [-0.05, 0) is 25.1 Å². The number of anilines is 1. The van der Waals surface area contributed by atoms with Gasteiger partial charge in [0.05, 0.1) is 19.9 Å². The van der Waals surface area contributed by atoms with E-state index < -0.39 is 18.5 Å². The van der Waals surface area contributed by atoms with Crippen molar-refractivity contribution in [2.75, 3.05) is 26.1 Å². The van der Waals surface area contributed by atoms with Crippen molar-refractivity contribution in [3.8, 4) is 11.5 Å². The number of amides is 1. The second-order valence-electron chi connectivity index (χ2n) is 5.47. The molecule has 0 aliphatic carbocycles. The summed E-state index contributed by atoms with van der Waals surface area (Å²) in [6.45, 7) is 1.34. The number of carbonyl (C=O) groups is 2. The highest BCUT2D eigenvalue weighted by molar-refractivity contribution is 6.31. The molecule has 0 atom stereocenters. The van der Waals surface area contributed by atoms with Crippen LogP contribution in [0.15, 0.2) is 24.3 Å². The van der Waals surface area contributed by atoms with Gasteiger partial charge in [0, 0.05) is 30.4 Å². The van der Waals surface area contributed by atoms with E-state index in [1.807, 2.05) is 0 Å². The average Bonchev–Trinajstić information content (AvgIpc) is 2.89. The van der Waals surface area contributed by atoms with Gasteiger partial charge in [0.25, 0.3) is 5.91 Å². The summed E-state index contributed by atoms with van der Waals surface area (Å²) in [7, 11) is 4.71. The van der Waals surface area contributed by atoms with Crippen LogP contribution >= 0.6 is 11.6 Å². The minimum Gasteiger partial charge on any atom is -0.493 e. The van der Waals surface area contributed by atoms with Crippen LogP contribution in [-0.2, 0) is 21.4 Å². The van der Waals surface area contributed by atoms with Crippen LogP contribution in [-0.4, -0.2) is 42.5 Å². The smallest absolute Gasteiger partial charge is 0.331 e. The van der Waals surface area contributed by atoms with Gasteiger partial charge in [-0.25, -0.2) is 4.79 Å². The quantitative estimate of drug-likeness (QED) is 0.574. The summed E-state index contributed by atoms with van der Waals surface area (Å²) in [6.07, 6.45) is 2.69. The maximum Gasteiger partial charge on any atom is 0.331 e. The molecule has 27 heavy (non-hydrogen) atoms. The zero-order valence-corrected chi connectivity index (χ0v) is 16.2. The Hall–Kier alpha value is -3.00. The number of benzene rings is 1. The maximum atomic E-state index is 11.9.